The summed E-state index contributed by atoms with van der Waals surface area (Å²) < 4.78 is 12.3. The fraction of sp³-hybridized carbons (Fsp3) is 0.381. The second-order valence-corrected chi connectivity index (χ2v) is 7.41. The molecule has 1 aliphatic rings. The zero-order chi connectivity index (χ0) is 18.9. The molecule has 2 aromatic carbocycles. The summed E-state index contributed by atoms with van der Waals surface area (Å²) in [6.45, 7) is 5.40. The number of halogens is 1. The lowest BCUT2D eigenvalue weighted by Gasteiger charge is -2.33. The summed E-state index contributed by atoms with van der Waals surface area (Å²) in [6, 6.07) is 17.5. The molecule has 1 aliphatic heterocycles. The van der Waals surface area contributed by atoms with Crippen LogP contribution in [0.1, 0.15) is 5.56 Å². The standard InChI is InChI=1S/C21H25BrN2O3/c22-19-8-6-18(7-9-19)10-16-26-17-15-23-11-13-24(14-12-23)21(25)27-20-4-2-1-3-5-20/h1-9H,10-17H2. The van der Waals surface area contributed by atoms with E-state index in [4.69, 9.17) is 9.47 Å². The molecule has 6 heteroatoms. The molecule has 0 atom stereocenters. The molecule has 0 saturated carbocycles. The molecule has 0 N–H and O–H groups in total. The highest BCUT2D eigenvalue weighted by Crippen LogP contribution is 2.12. The Labute approximate surface area is 169 Å². The lowest BCUT2D eigenvalue weighted by atomic mass is 10.2. The van der Waals surface area contributed by atoms with Crippen LogP contribution in [0.4, 0.5) is 4.79 Å². The quantitative estimate of drug-likeness (QED) is 0.623. The fourth-order valence-electron chi connectivity index (χ4n) is 2.94. The molecule has 3 rings (SSSR count). The first kappa shape index (κ1) is 19.9. The first-order valence-electron chi connectivity index (χ1n) is 9.27. The third-order valence-electron chi connectivity index (χ3n) is 4.58. The van der Waals surface area contributed by atoms with Gasteiger partial charge in [-0.25, -0.2) is 4.79 Å². The maximum absolute atomic E-state index is 12.2. The van der Waals surface area contributed by atoms with Gasteiger partial charge in [0.25, 0.3) is 0 Å². The highest BCUT2D eigenvalue weighted by atomic mass is 79.9. The first-order chi connectivity index (χ1) is 13.2. The van der Waals surface area contributed by atoms with Gasteiger partial charge in [0, 0.05) is 37.2 Å². The van der Waals surface area contributed by atoms with Crippen molar-refractivity contribution in [2.24, 2.45) is 0 Å². The maximum atomic E-state index is 12.2. The van der Waals surface area contributed by atoms with Gasteiger partial charge < -0.3 is 14.4 Å². The number of piperazine rings is 1. The summed E-state index contributed by atoms with van der Waals surface area (Å²) in [5.41, 5.74) is 1.28. The molecule has 1 amide bonds. The van der Waals surface area contributed by atoms with Gasteiger partial charge >= 0.3 is 6.09 Å². The van der Waals surface area contributed by atoms with Crippen LogP contribution in [0.2, 0.25) is 0 Å². The molecule has 0 aromatic heterocycles. The molecule has 0 spiro atoms. The van der Waals surface area contributed by atoms with E-state index in [9.17, 15) is 4.79 Å². The number of para-hydroxylation sites is 1. The van der Waals surface area contributed by atoms with Gasteiger partial charge in [0.2, 0.25) is 0 Å². The Morgan fingerprint density at radius 1 is 0.926 bits per heavy atom. The van der Waals surface area contributed by atoms with Gasteiger partial charge in [-0.1, -0.05) is 46.3 Å². The molecule has 0 bridgehead atoms. The van der Waals surface area contributed by atoms with Crippen LogP contribution in [-0.4, -0.2) is 61.8 Å². The van der Waals surface area contributed by atoms with E-state index in [1.165, 1.54) is 5.56 Å². The molecule has 5 nitrogen and oxygen atoms in total. The summed E-state index contributed by atoms with van der Waals surface area (Å²) in [6.07, 6.45) is 0.651. The van der Waals surface area contributed by atoms with Crippen LogP contribution < -0.4 is 4.74 Å². The van der Waals surface area contributed by atoms with Crippen molar-refractivity contribution in [3.63, 3.8) is 0 Å². The summed E-state index contributed by atoms with van der Waals surface area (Å²) in [4.78, 5) is 16.3. The Bertz CT molecular complexity index is 701. The zero-order valence-electron chi connectivity index (χ0n) is 15.4. The van der Waals surface area contributed by atoms with Gasteiger partial charge in [-0.05, 0) is 36.2 Å². The Kier molecular flexibility index (Phi) is 7.68. The Morgan fingerprint density at radius 2 is 1.63 bits per heavy atom. The number of hydrogen-bond donors (Lipinski definition) is 0. The largest absolute Gasteiger partial charge is 0.415 e. The van der Waals surface area contributed by atoms with Crippen molar-refractivity contribution in [2.45, 2.75) is 6.42 Å². The highest BCUT2D eigenvalue weighted by molar-refractivity contribution is 9.10. The smallest absolute Gasteiger partial charge is 0.410 e. The van der Waals surface area contributed by atoms with E-state index in [1.54, 1.807) is 17.0 Å². The lowest BCUT2D eigenvalue weighted by molar-refractivity contribution is 0.0755. The average Bonchev–Trinajstić information content (AvgIpc) is 2.70. The van der Waals surface area contributed by atoms with Crippen LogP contribution in [0.3, 0.4) is 0 Å². The summed E-state index contributed by atoms with van der Waals surface area (Å²) in [7, 11) is 0. The minimum Gasteiger partial charge on any atom is -0.410 e. The fourth-order valence-corrected chi connectivity index (χ4v) is 3.21. The van der Waals surface area contributed by atoms with Crippen LogP contribution in [0.15, 0.2) is 59.1 Å². The Balaban J connectivity index is 1.28. The SMILES string of the molecule is O=C(Oc1ccccc1)N1CCN(CCOCCc2ccc(Br)cc2)CC1. The van der Waals surface area contributed by atoms with Gasteiger partial charge in [-0.3, -0.25) is 4.90 Å². The molecule has 1 fully saturated rings. The van der Waals surface area contributed by atoms with E-state index < -0.39 is 0 Å². The molecular weight excluding hydrogens is 408 g/mol. The molecule has 1 heterocycles. The Morgan fingerprint density at radius 3 is 2.33 bits per heavy atom. The van der Waals surface area contributed by atoms with Gasteiger partial charge in [-0.15, -0.1) is 0 Å². The van der Waals surface area contributed by atoms with E-state index >= 15 is 0 Å². The number of carbonyl (C=O) groups is 1. The van der Waals surface area contributed by atoms with E-state index in [2.05, 4.69) is 45.1 Å². The molecule has 27 heavy (non-hydrogen) atoms. The van der Waals surface area contributed by atoms with Crippen molar-refractivity contribution in [1.29, 1.82) is 0 Å². The second kappa shape index (κ2) is 10.4. The molecule has 0 radical (unpaired) electrons. The predicted octanol–water partition coefficient (Wildman–Crippen LogP) is 3.82. The topological polar surface area (TPSA) is 42.0 Å². The van der Waals surface area contributed by atoms with E-state index in [0.29, 0.717) is 25.4 Å². The minimum atomic E-state index is -0.272. The third-order valence-corrected chi connectivity index (χ3v) is 5.11. The molecule has 1 saturated heterocycles. The molecule has 2 aromatic rings. The first-order valence-corrected chi connectivity index (χ1v) is 10.1. The number of amides is 1. The van der Waals surface area contributed by atoms with Crippen molar-refractivity contribution >= 4 is 22.0 Å². The van der Waals surface area contributed by atoms with Crippen LogP contribution >= 0.6 is 15.9 Å². The minimum absolute atomic E-state index is 0.272. The number of rotatable bonds is 7. The number of nitrogens with zero attached hydrogens (tertiary/aromatic N) is 2. The zero-order valence-corrected chi connectivity index (χ0v) is 16.9. The Hall–Kier alpha value is -1.89. The monoisotopic (exact) mass is 432 g/mol. The van der Waals surface area contributed by atoms with Crippen LogP contribution in [-0.2, 0) is 11.2 Å². The predicted molar refractivity (Wildman–Crippen MR) is 109 cm³/mol. The van der Waals surface area contributed by atoms with E-state index in [1.807, 2.05) is 18.2 Å². The van der Waals surface area contributed by atoms with Gasteiger partial charge in [-0.2, -0.15) is 0 Å². The number of hydrogen-bond acceptors (Lipinski definition) is 4. The van der Waals surface area contributed by atoms with E-state index in [-0.39, 0.29) is 6.09 Å². The molecule has 0 aliphatic carbocycles. The van der Waals surface area contributed by atoms with Crippen LogP contribution in [0.5, 0.6) is 5.75 Å². The molecular formula is C21H25BrN2O3. The van der Waals surface area contributed by atoms with Crippen molar-refractivity contribution in [3.8, 4) is 5.75 Å². The van der Waals surface area contributed by atoms with Crippen LogP contribution in [0, 0.1) is 0 Å². The van der Waals surface area contributed by atoms with Gasteiger partial charge in [0.05, 0.1) is 13.2 Å². The normalized spacial score (nSPS) is 14.9. The summed E-state index contributed by atoms with van der Waals surface area (Å²) in [5, 5.41) is 0. The highest BCUT2D eigenvalue weighted by Gasteiger charge is 2.22. The van der Waals surface area contributed by atoms with E-state index in [0.717, 1.165) is 37.1 Å². The van der Waals surface area contributed by atoms with Gasteiger partial charge in [0.1, 0.15) is 5.75 Å². The van der Waals surface area contributed by atoms with Crippen molar-refractivity contribution < 1.29 is 14.3 Å². The van der Waals surface area contributed by atoms with Crippen molar-refractivity contribution in [1.82, 2.24) is 9.80 Å². The van der Waals surface area contributed by atoms with Gasteiger partial charge in [0.15, 0.2) is 0 Å². The summed E-state index contributed by atoms with van der Waals surface area (Å²) in [5.74, 6) is 0.587. The average molecular weight is 433 g/mol. The van der Waals surface area contributed by atoms with Crippen LogP contribution in [0.25, 0.3) is 0 Å². The number of ether oxygens (including phenoxy) is 2. The lowest BCUT2D eigenvalue weighted by Crippen LogP contribution is -2.50. The van der Waals surface area contributed by atoms with Crippen molar-refractivity contribution in [3.05, 3.63) is 64.6 Å². The second-order valence-electron chi connectivity index (χ2n) is 6.50. The molecule has 144 valence electrons. The molecule has 0 unspecified atom stereocenters. The summed E-state index contributed by atoms with van der Waals surface area (Å²) >= 11 is 3.44. The number of carbonyl (C=O) groups excluding carboxylic acids is 1. The third kappa shape index (κ3) is 6.65. The number of benzene rings is 2. The van der Waals surface area contributed by atoms with Crippen molar-refractivity contribution in [2.75, 3.05) is 45.9 Å². The maximum Gasteiger partial charge on any atom is 0.415 e.